The Bertz CT molecular complexity index is 1240. The number of hydrogen-bond donors (Lipinski definition) is 0. The molecule has 0 aromatic heterocycles. The molecule has 1 unspecified atom stereocenters. The minimum Gasteiger partial charge on any atom is -0.466 e. The maximum absolute atomic E-state index is 13.2. The molecule has 0 aromatic carbocycles. The van der Waals surface area contributed by atoms with Gasteiger partial charge in [-0.25, -0.2) is 0 Å². The van der Waals surface area contributed by atoms with Crippen LogP contribution in [0.4, 0.5) is 0 Å². The van der Waals surface area contributed by atoms with E-state index in [0.717, 1.165) is 51.4 Å². The van der Waals surface area contributed by atoms with Gasteiger partial charge in [0.2, 0.25) is 0 Å². The highest BCUT2D eigenvalue weighted by atomic mass is 16.5. The summed E-state index contributed by atoms with van der Waals surface area (Å²) in [4.78, 5) is 56.9. The fraction of sp³-hybridized carbons (Fsp3) is 0.944. The normalized spacial score (nSPS) is 11.9. The zero-order valence-corrected chi connectivity index (χ0v) is 54.9. The standard InChI is InChI=1S/C71H138N2O8/c1-6-10-14-18-22-26-30-34-38-42-46-50-62-78-68(74)54-58-72(59-55-69(75)79-63-51-47-43-39-35-31-27-23-19-15-11-7-2)66-67(5)73(60-56-70(76)80-64-52-48-44-40-36-32-28-24-20-16-12-8-3)61-57-71(77)81-65-53-49-45-41-37-33-29-25-21-17-13-9-4/h67H,6-66H2,1-5H3. The van der Waals surface area contributed by atoms with Crippen molar-refractivity contribution in [3.8, 4) is 0 Å². The lowest BCUT2D eigenvalue weighted by molar-refractivity contribution is -0.146. The van der Waals surface area contributed by atoms with Gasteiger partial charge >= 0.3 is 23.9 Å². The quantitative estimate of drug-likeness (QED) is 0.0332. The second kappa shape index (κ2) is 65.3. The molecule has 0 aliphatic rings. The summed E-state index contributed by atoms with van der Waals surface area (Å²) >= 11 is 0. The van der Waals surface area contributed by atoms with Gasteiger partial charge in [0.05, 0.1) is 52.1 Å². The highest BCUT2D eigenvalue weighted by Crippen LogP contribution is 2.17. The fourth-order valence-electron chi connectivity index (χ4n) is 11.1. The molecule has 480 valence electrons. The van der Waals surface area contributed by atoms with Gasteiger partial charge in [-0.2, -0.15) is 0 Å². The molecule has 0 rings (SSSR count). The molecule has 0 aromatic rings. The topological polar surface area (TPSA) is 112 Å². The van der Waals surface area contributed by atoms with Crippen molar-refractivity contribution in [3.63, 3.8) is 0 Å². The minimum atomic E-state index is -0.214. The Hall–Kier alpha value is -2.20. The smallest absolute Gasteiger partial charge is 0.307 e. The zero-order valence-electron chi connectivity index (χ0n) is 54.9. The van der Waals surface area contributed by atoms with Crippen LogP contribution in [0.3, 0.4) is 0 Å². The number of rotatable bonds is 67. The van der Waals surface area contributed by atoms with Gasteiger partial charge in [-0.05, 0) is 32.6 Å². The van der Waals surface area contributed by atoms with Crippen molar-refractivity contribution in [3.05, 3.63) is 0 Å². The maximum Gasteiger partial charge on any atom is 0.307 e. The van der Waals surface area contributed by atoms with E-state index in [1.165, 1.54) is 257 Å². The van der Waals surface area contributed by atoms with E-state index in [0.29, 0.717) is 59.2 Å². The molecule has 0 aliphatic heterocycles. The first-order valence-electron chi connectivity index (χ1n) is 35.9. The van der Waals surface area contributed by atoms with Crippen LogP contribution in [0.25, 0.3) is 0 Å². The van der Waals surface area contributed by atoms with E-state index in [-0.39, 0.29) is 55.6 Å². The van der Waals surface area contributed by atoms with Gasteiger partial charge in [-0.1, -0.05) is 310 Å². The largest absolute Gasteiger partial charge is 0.466 e. The number of ether oxygens (including phenoxy) is 4. The summed E-state index contributed by atoms with van der Waals surface area (Å²) in [7, 11) is 0. The van der Waals surface area contributed by atoms with Crippen LogP contribution in [0.5, 0.6) is 0 Å². The molecule has 0 bridgehead atoms. The average molecular weight is 1150 g/mol. The molecule has 0 spiro atoms. The summed E-state index contributed by atoms with van der Waals surface area (Å²) in [6, 6.07) is -0.0764. The van der Waals surface area contributed by atoms with E-state index >= 15 is 0 Å². The second-order valence-electron chi connectivity index (χ2n) is 24.6. The van der Waals surface area contributed by atoms with Crippen molar-refractivity contribution in [2.75, 3.05) is 59.2 Å². The summed E-state index contributed by atoms with van der Waals surface area (Å²) in [5.74, 6) is -0.857. The van der Waals surface area contributed by atoms with Gasteiger partial charge in [-0.15, -0.1) is 0 Å². The van der Waals surface area contributed by atoms with E-state index in [1.54, 1.807) is 0 Å². The summed E-state index contributed by atoms with van der Waals surface area (Å²) in [6.07, 6.45) is 61.3. The SMILES string of the molecule is CCCCCCCCCCCCCCOC(=O)CCN(CCC(=O)OCCCCCCCCCCCCCC)CC(C)N(CCC(=O)OCCCCCCCCCCCCCC)CCC(=O)OCCCCCCCCCCCCCC. The highest BCUT2D eigenvalue weighted by molar-refractivity contribution is 5.71. The molecule has 1 atom stereocenters. The average Bonchev–Trinajstić information content (AvgIpc) is 3.46. The summed E-state index contributed by atoms with van der Waals surface area (Å²) < 4.78 is 22.9. The lowest BCUT2D eigenvalue weighted by Gasteiger charge is -2.33. The van der Waals surface area contributed by atoms with Crippen LogP contribution in [0.15, 0.2) is 0 Å². The van der Waals surface area contributed by atoms with Gasteiger partial charge in [-0.3, -0.25) is 24.1 Å². The summed E-state index contributed by atoms with van der Waals surface area (Å²) in [5, 5.41) is 0. The third-order valence-electron chi connectivity index (χ3n) is 16.7. The first kappa shape index (κ1) is 78.8. The number of unbranched alkanes of at least 4 members (excludes halogenated alkanes) is 44. The van der Waals surface area contributed by atoms with Crippen molar-refractivity contribution < 1.29 is 38.1 Å². The van der Waals surface area contributed by atoms with Crippen LogP contribution in [0, 0.1) is 0 Å². The first-order valence-corrected chi connectivity index (χ1v) is 35.9. The molecule has 0 heterocycles. The van der Waals surface area contributed by atoms with Crippen LogP contribution in [-0.2, 0) is 38.1 Å². The molecule has 0 fully saturated rings. The molecule has 10 heteroatoms. The predicted molar refractivity (Wildman–Crippen MR) is 344 cm³/mol. The minimum absolute atomic E-state index is 0.0764. The third kappa shape index (κ3) is 60.7. The van der Waals surface area contributed by atoms with Crippen LogP contribution < -0.4 is 0 Å². The van der Waals surface area contributed by atoms with E-state index in [1.807, 2.05) is 0 Å². The number of nitrogens with zero attached hydrogens (tertiary/aromatic N) is 2. The lowest BCUT2D eigenvalue weighted by Crippen LogP contribution is -2.45. The van der Waals surface area contributed by atoms with Gasteiger partial charge in [0.25, 0.3) is 0 Å². The number of hydrogen-bond acceptors (Lipinski definition) is 10. The molecule has 0 saturated carbocycles. The molecular formula is C71H138N2O8. The number of carbonyl (C=O) groups is 4. The van der Waals surface area contributed by atoms with E-state index in [4.69, 9.17) is 18.9 Å². The maximum atomic E-state index is 13.2. The van der Waals surface area contributed by atoms with Crippen molar-refractivity contribution in [1.82, 2.24) is 9.80 Å². The van der Waals surface area contributed by atoms with Gasteiger partial charge < -0.3 is 23.8 Å². The predicted octanol–water partition coefficient (Wildman–Crippen LogP) is 20.5. The van der Waals surface area contributed by atoms with Crippen molar-refractivity contribution in [2.45, 2.75) is 375 Å². The van der Waals surface area contributed by atoms with Crippen molar-refractivity contribution in [2.24, 2.45) is 0 Å². The Labute approximate surface area is 503 Å². The van der Waals surface area contributed by atoms with Gasteiger partial charge in [0.1, 0.15) is 0 Å². The van der Waals surface area contributed by atoms with Crippen molar-refractivity contribution >= 4 is 23.9 Å². The molecular weight excluding hydrogens is 1010 g/mol. The Morgan fingerprint density at radius 1 is 0.259 bits per heavy atom. The monoisotopic (exact) mass is 1150 g/mol. The Balaban J connectivity index is 5.36. The molecule has 0 radical (unpaired) electrons. The van der Waals surface area contributed by atoms with Gasteiger partial charge in [0.15, 0.2) is 0 Å². The third-order valence-corrected chi connectivity index (χ3v) is 16.7. The van der Waals surface area contributed by atoms with Crippen LogP contribution in [0.1, 0.15) is 369 Å². The Kier molecular flexibility index (Phi) is 63.6. The van der Waals surface area contributed by atoms with E-state index in [9.17, 15) is 19.2 Å². The molecule has 0 amide bonds. The fourth-order valence-corrected chi connectivity index (χ4v) is 11.1. The lowest BCUT2D eigenvalue weighted by atomic mass is 10.1. The Morgan fingerprint density at radius 3 is 0.630 bits per heavy atom. The summed E-state index contributed by atoms with van der Waals surface area (Å²) in [6.45, 7) is 15.3. The summed E-state index contributed by atoms with van der Waals surface area (Å²) in [5.41, 5.74) is 0. The number of carbonyl (C=O) groups excluding carboxylic acids is 4. The molecule has 81 heavy (non-hydrogen) atoms. The molecule has 10 nitrogen and oxygen atoms in total. The first-order chi connectivity index (χ1) is 39.8. The number of esters is 4. The van der Waals surface area contributed by atoms with E-state index in [2.05, 4.69) is 44.4 Å². The van der Waals surface area contributed by atoms with Crippen LogP contribution in [-0.4, -0.2) is 98.9 Å². The Morgan fingerprint density at radius 2 is 0.432 bits per heavy atom. The van der Waals surface area contributed by atoms with Gasteiger partial charge in [0, 0.05) is 38.8 Å². The molecule has 0 N–H and O–H groups in total. The van der Waals surface area contributed by atoms with Crippen molar-refractivity contribution in [1.29, 1.82) is 0 Å². The zero-order chi connectivity index (χ0) is 59.0. The van der Waals surface area contributed by atoms with Crippen LogP contribution in [0.2, 0.25) is 0 Å². The van der Waals surface area contributed by atoms with Crippen LogP contribution >= 0.6 is 0 Å². The second-order valence-corrected chi connectivity index (χ2v) is 24.6. The van der Waals surface area contributed by atoms with E-state index < -0.39 is 0 Å². The highest BCUT2D eigenvalue weighted by Gasteiger charge is 2.22. The molecule has 0 aliphatic carbocycles. The molecule has 0 saturated heterocycles.